The fourth-order valence-electron chi connectivity index (χ4n) is 2.65. The van der Waals surface area contributed by atoms with Crippen LogP contribution in [0.5, 0.6) is 5.88 Å². The van der Waals surface area contributed by atoms with Crippen LogP contribution in [0.3, 0.4) is 0 Å². The number of likely N-dealkylation sites (tertiary alicyclic amines) is 1. The lowest BCUT2D eigenvalue weighted by Crippen LogP contribution is -2.44. The molecule has 1 saturated heterocycles. The van der Waals surface area contributed by atoms with Crippen molar-refractivity contribution in [2.75, 3.05) is 32.1 Å². The molecule has 1 amide bonds. The van der Waals surface area contributed by atoms with Gasteiger partial charge in [-0.15, -0.1) is 0 Å². The molecule has 0 aromatic carbocycles. The zero-order chi connectivity index (χ0) is 16.2. The zero-order valence-corrected chi connectivity index (χ0v) is 13.3. The molecule has 0 radical (unpaired) electrons. The summed E-state index contributed by atoms with van der Waals surface area (Å²) in [5.41, 5.74) is 0.569. The molecule has 1 fully saturated rings. The van der Waals surface area contributed by atoms with Crippen LogP contribution < -0.4 is 9.64 Å². The molecule has 7 heteroatoms. The molecule has 23 heavy (non-hydrogen) atoms. The van der Waals surface area contributed by atoms with E-state index in [1.807, 2.05) is 19.0 Å². The molecular weight excluding hydrogens is 296 g/mol. The van der Waals surface area contributed by atoms with E-state index in [-0.39, 0.29) is 12.0 Å². The number of nitrogens with zero attached hydrogens (tertiary/aromatic N) is 4. The molecule has 122 valence electrons. The largest absolute Gasteiger partial charge is 0.472 e. The zero-order valence-electron chi connectivity index (χ0n) is 13.3. The van der Waals surface area contributed by atoms with Gasteiger partial charge in [-0.1, -0.05) is 0 Å². The number of rotatable bonds is 4. The molecule has 0 aliphatic carbocycles. The maximum atomic E-state index is 12.4. The van der Waals surface area contributed by atoms with Crippen molar-refractivity contribution in [1.82, 2.24) is 14.9 Å². The number of furan rings is 1. The molecule has 3 rings (SSSR count). The van der Waals surface area contributed by atoms with Gasteiger partial charge in [-0.05, 0) is 18.9 Å². The summed E-state index contributed by atoms with van der Waals surface area (Å²) in [4.78, 5) is 24.6. The summed E-state index contributed by atoms with van der Waals surface area (Å²) in [6.45, 7) is 1.26. The molecule has 0 bridgehead atoms. The summed E-state index contributed by atoms with van der Waals surface area (Å²) in [5.74, 6) is 1.16. The lowest BCUT2D eigenvalue weighted by molar-refractivity contribution is 0.0527. The Balaban J connectivity index is 1.69. The second-order valence-electron chi connectivity index (χ2n) is 5.72. The normalized spacial score (nSPS) is 17.8. The van der Waals surface area contributed by atoms with Crippen LogP contribution in [0.4, 0.5) is 5.82 Å². The van der Waals surface area contributed by atoms with Crippen molar-refractivity contribution in [3.63, 3.8) is 0 Å². The maximum Gasteiger partial charge on any atom is 0.257 e. The number of carbonyl (C=O) groups excluding carboxylic acids is 1. The van der Waals surface area contributed by atoms with Crippen LogP contribution >= 0.6 is 0 Å². The van der Waals surface area contributed by atoms with E-state index in [4.69, 9.17) is 9.15 Å². The van der Waals surface area contributed by atoms with Crippen molar-refractivity contribution in [2.24, 2.45) is 0 Å². The van der Waals surface area contributed by atoms with Gasteiger partial charge in [-0.2, -0.15) is 0 Å². The Kier molecular flexibility index (Phi) is 4.45. The molecule has 2 aromatic rings. The van der Waals surface area contributed by atoms with E-state index in [0.717, 1.165) is 19.4 Å². The molecule has 7 nitrogen and oxygen atoms in total. The average molecular weight is 316 g/mol. The van der Waals surface area contributed by atoms with Crippen molar-refractivity contribution in [3.8, 4) is 5.88 Å². The number of piperidine rings is 1. The fraction of sp³-hybridized carbons (Fsp3) is 0.438. The summed E-state index contributed by atoms with van der Waals surface area (Å²) in [6.07, 6.45) is 7.92. The first-order valence-electron chi connectivity index (χ1n) is 7.61. The molecule has 0 N–H and O–H groups in total. The summed E-state index contributed by atoms with van der Waals surface area (Å²) in [6, 6.07) is 1.68. The van der Waals surface area contributed by atoms with Crippen molar-refractivity contribution in [2.45, 2.75) is 18.9 Å². The molecule has 1 aliphatic rings. The van der Waals surface area contributed by atoms with Gasteiger partial charge in [0.2, 0.25) is 0 Å². The van der Waals surface area contributed by atoms with Crippen molar-refractivity contribution in [3.05, 3.63) is 36.5 Å². The van der Waals surface area contributed by atoms with E-state index in [9.17, 15) is 4.79 Å². The highest BCUT2D eigenvalue weighted by Gasteiger charge is 2.27. The minimum atomic E-state index is -0.0880. The van der Waals surface area contributed by atoms with Crippen LogP contribution in [-0.2, 0) is 0 Å². The third-order valence-corrected chi connectivity index (χ3v) is 3.78. The lowest BCUT2D eigenvalue weighted by Gasteiger charge is -2.32. The summed E-state index contributed by atoms with van der Waals surface area (Å²) in [7, 11) is 3.79. The van der Waals surface area contributed by atoms with E-state index in [0.29, 0.717) is 23.8 Å². The number of ether oxygens (including phenoxy) is 1. The van der Waals surface area contributed by atoms with Crippen molar-refractivity contribution >= 4 is 11.7 Å². The van der Waals surface area contributed by atoms with Gasteiger partial charge in [0.05, 0.1) is 18.4 Å². The summed E-state index contributed by atoms with van der Waals surface area (Å²) in [5, 5.41) is 0. The minimum Gasteiger partial charge on any atom is -0.472 e. The van der Waals surface area contributed by atoms with Crippen LogP contribution in [0.2, 0.25) is 0 Å². The van der Waals surface area contributed by atoms with E-state index < -0.39 is 0 Å². The number of hydrogen-bond acceptors (Lipinski definition) is 6. The van der Waals surface area contributed by atoms with E-state index in [1.165, 1.54) is 12.5 Å². The first kappa shape index (κ1) is 15.3. The molecule has 0 spiro atoms. The van der Waals surface area contributed by atoms with Gasteiger partial charge in [0, 0.05) is 33.0 Å². The van der Waals surface area contributed by atoms with Gasteiger partial charge >= 0.3 is 0 Å². The van der Waals surface area contributed by atoms with Crippen LogP contribution in [0, 0.1) is 0 Å². The Bertz CT molecular complexity index is 657. The third-order valence-electron chi connectivity index (χ3n) is 3.78. The fourth-order valence-corrected chi connectivity index (χ4v) is 2.65. The predicted molar refractivity (Wildman–Crippen MR) is 84.6 cm³/mol. The molecular formula is C16H20N4O3. The van der Waals surface area contributed by atoms with Crippen LogP contribution in [0.15, 0.2) is 35.4 Å². The van der Waals surface area contributed by atoms with E-state index in [2.05, 4.69) is 9.97 Å². The second kappa shape index (κ2) is 6.68. The molecule has 0 saturated carbocycles. The van der Waals surface area contributed by atoms with Gasteiger partial charge in [0.25, 0.3) is 11.8 Å². The average Bonchev–Trinajstić information content (AvgIpc) is 3.09. The lowest BCUT2D eigenvalue weighted by atomic mass is 10.1. The Hall–Kier alpha value is -2.57. The first-order valence-corrected chi connectivity index (χ1v) is 7.61. The highest BCUT2D eigenvalue weighted by Crippen LogP contribution is 2.24. The molecule has 0 unspecified atom stereocenters. The molecule has 2 aromatic heterocycles. The Morgan fingerprint density at radius 1 is 1.39 bits per heavy atom. The molecule has 1 aliphatic heterocycles. The van der Waals surface area contributed by atoms with Gasteiger partial charge in [0.15, 0.2) is 5.82 Å². The first-order chi connectivity index (χ1) is 11.1. The third kappa shape index (κ3) is 3.44. The monoisotopic (exact) mass is 316 g/mol. The van der Waals surface area contributed by atoms with Gasteiger partial charge in [-0.25, -0.2) is 9.97 Å². The van der Waals surface area contributed by atoms with Crippen molar-refractivity contribution in [1.29, 1.82) is 0 Å². The Morgan fingerprint density at radius 3 is 2.96 bits per heavy atom. The second-order valence-corrected chi connectivity index (χ2v) is 5.72. The van der Waals surface area contributed by atoms with Gasteiger partial charge < -0.3 is 19.0 Å². The number of anilines is 1. The minimum absolute atomic E-state index is 0.0287. The van der Waals surface area contributed by atoms with Crippen LogP contribution in [-0.4, -0.2) is 54.1 Å². The quantitative estimate of drug-likeness (QED) is 0.857. The number of carbonyl (C=O) groups is 1. The number of amides is 1. The predicted octanol–water partition coefficient (Wildman–Crippen LogP) is 1.82. The van der Waals surface area contributed by atoms with Gasteiger partial charge in [-0.3, -0.25) is 4.79 Å². The molecule has 3 heterocycles. The summed E-state index contributed by atoms with van der Waals surface area (Å²) < 4.78 is 11.0. The highest BCUT2D eigenvalue weighted by atomic mass is 16.5. The Labute approximate surface area is 134 Å². The topological polar surface area (TPSA) is 71.7 Å². The standard InChI is InChI=1S/C16H20N4O3/c1-19(2)14-15(18-7-6-17-14)23-13-4-3-8-20(10-13)16(21)12-5-9-22-11-12/h5-7,9,11,13H,3-4,8,10H2,1-2H3/t13-/m0/s1. The molecule has 1 atom stereocenters. The van der Waals surface area contributed by atoms with Crippen LogP contribution in [0.25, 0.3) is 0 Å². The van der Waals surface area contributed by atoms with Crippen LogP contribution in [0.1, 0.15) is 23.2 Å². The van der Waals surface area contributed by atoms with E-state index >= 15 is 0 Å². The summed E-state index contributed by atoms with van der Waals surface area (Å²) >= 11 is 0. The smallest absolute Gasteiger partial charge is 0.257 e. The SMILES string of the molecule is CN(C)c1nccnc1O[C@H]1CCCN(C(=O)c2ccoc2)C1. The number of aromatic nitrogens is 2. The Morgan fingerprint density at radius 2 is 2.22 bits per heavy atom. The van der Waals surface area contributed by atoms with Gasteiger partial charge in [0.1, 0.15) is 12.4 Å². The van der Waals surface area contributed by atoms with Crippen molar-refractivity contribution < 1.29 is 13.9 Å². The van der Waals surface area contributed by atoms with E-state index in [1.54, 1.807) is 23.4 Å². The highest BCUT2D eigenvalue weighted by molar-refractivity contribution is 5.93. The number of hydrogen-bond donors (Lipinski definition) is 0. The maximum absolute atomic E-state index is 12.4.